The Morgan fingerprint density at radius 1 is 1.47 bits per heavy atom. The first-order valence-electron chi connectivity index (χ1n) is 6.23. The molecule has 4 nitrogen and oxygen atoms in total. The molecule has 0 aromatic heterocycles. The fourth-order valence-electron chi connectivity index (χ4n) is 2.26. The summed E-state index contributed by atoms with van der Waals surface area (Å²) in [7, 11) is -3.03. The molecule has 106 valence electrons. The van der Waals surface area contributed by atoms with Crippen LogP contribution in [0.5, 0.6) is 0 Å². The van der Waals surface area contributed by atoms with Crippen LogP contribution in [0, 0.1) is 6.92 Å². The number of nitrogens with two attached hydrogens (primary N) is 1. The Labute approximate surface area is 119 Å². The Balaban J connectivity index is 2.17. The Kier molecular flexibility index (Phi) is 4.43. The van der Waals surface area contributed by atoms with Crippen molar-refractivity contribution >= 4 is 27.3 Å². The van der Waals surface area contributed by atoms with E-state index in [1.807, 2.05) is 25.1 Å². The predicted molar refractivity (Wildman–Crippen MR) is 82.0 cm³/mol. The second-order valence-electron chi connectivity index (χ2n) is 5.02. The lowest BCUT2D eigenvalue weighted by molar-refractivity contribution is 0.262. The number of thioether (sulfide) groups is 1. The largest absolute Gasteiger partial charge is 0.399 e. The van der Waals surface area contributed by atoms with E-state index in [-0.39, 0.29) is 5.37 Å². The van der Waals surface area contributed by atoms with Crippen LogP contribution >= 0.6 is 11.8 Å². The first-order chi connectivity index (χ1) is 8.88. The normalized spacial score (nSPS) is 21.5. The molecule has 2 N–H and O–H groups in total. The predicted octanol–water partition coefficient (Wildman–Crippen LogP) is 1.50. The van der Waals surface area contributed by atoms with Crippen molar-refractivity contribution in [3.63, 3.8) is 0 Å². The summed E-state index contributed by atoms with van der Waals surface area (Å²) >= 11 is 1.71. The van der Waals surface area contributed by atoms with E-state index in [2.05, 4.69) is 4.90 Å². The van der Waals surface area contributed by atoms with Gasteiger partial charge in [-0.05, 0) is 24.1 Å². The molecule has 0 spiro atoms. The van der Waals surface area contributed by atoms with Crippen LogP contribution in [0.2, 0.25) is 0 Å². The Hall–Kier alpha value is -0.720. The summed E-state index contributed by atoms with van der Waals surface area (Å²) in [6.07, 6.45) is 1.32. The number of aryl methyl sites for hydroxylation is 1. The molecule has 1 aromatic rings. The molecule has 6 heteroatoms. The van der Waals surface area contributed by atoms with Crippen LogP contribution in [0.25, 0.3) is 0 Å². The molecule has 1 aliphatic heterocycles. The molecule has 0 bridgehead atoms. The molecule has 1 saturated heterocycles. The van der Waals surface area contributed by atoms with E-state index in [9.17, 15) is 8.42 Å². The quantitative estimate of drug-likeness (QED) is 0.857. The van der Waals surface area contributed by atoms with Gasteiger partial charge in [-0.25, -0.2) is 8.42 Å². The maximum Gasteiger partial charge on any atom is 0.164 e. The average Bonchev–Trinajstić information content (AvgIpc) is 2.33. The van der Waals surface area contributed by atoms with Crippen LogP contribution < -0.4 is 5.73 Å². The summed E-state index contributed by atoms with van der Waals surface area (Å²) in [4.78, 5) is 2.05. The Morgan fingerprint density at radius 3 is 2.84 bits per heavy atom. The minimum Gasteiger partial charge on any atom is -0.399 e. The molecule has 19 heavy (non-hydrogen) atoms. The highest BCUT2D eigenvalue weighted by Crippen LogP contribution is 2.23. The zero-order valence-corrected chi connectivity index (χ0v) is 12.9. The van der Waals surface area contributed by atoms with Crippen molar-refractivity contribution in [3.05, 3.63) is 29.3 Å². The number of rotatable bonds is 3. The van der Waals surface area contributed by atoms with Gasteiger partial charge >= 0.3 is 0 Å². The van der Waals surface area contributed by atoms with Gasteiger partial charge in [0, 0.05) is 36.5 Å². The van der Waals surface area contributed by atoms with Crippen LogP contribution in [-0.4, -0.2) is 43.0 Å². The first kappa shape index (κ1) is 14.7. The first-order valence-corrected chi connectivity index (χ1v) is 9.34. The van der Waals surface area contributed by atoms with E-state index in [0.717, 1.165) is 29.1 Å². The van der Waals surface area contributed by atoms with E-state index in [1.165, 1.54) is 6.26 Å². The summed E-state index contributed by atoms with van der Waals surface area (Å²) < 4.78 is 23.7. The molecule has 1 heterocycles. The SMILES string of the molecule is Cc1cc(CN2CCSCC2S(C)(=O)=O)ccc1N. The second-order valence-corrected chi connectivity index (χ2v) is 8.37. The van der Waals surface area contributed by atoms with Gasteiger partial charge in [0.15, 0.2) is 9.84 Å². The molecule has 0 radical (unpaired) electrons. The molecule has 0 aliphatic carbocycles. The van der Waals surface area contributed by atoms with Crippen LogP contribution in [0.15, 0.2) is 18.2 Å². The van der Waals surface area contributed by atoms with Crippen molar-refractivity contribution < 1.29 is 8.42 Å². The molecule has 1 aromatic carbocycles. The fourth-order valence-corrected chi connectivity index (χ4v) is 5.20. The standard InChI is InChI=1S/C13H20N2O2S2/c1-10-7-11(3-4-12(10)14)8-15-5-6-18-9-13(15)19(2,16)17/h3-4,7,13H,5-6,8-9,14H2,1-2H3. The highest BCUT2D eigenvalue weighted by molar-refractivity contribution is 8.00. The summed E-state index contributed by atoms with van der Waals surface area (Å²) in [6, 6.07) is 5.90. The number of nitrogen functional groups attached to an aromatic ring is 1. The maximum atomic E-state index is 11.8. The molecular formula is C13H20N2O2S2. The minimum atomic E-state index is -3.03. The molecule has 1 fully saturated rings. The number of sulfone groups is 1. The van der Waals surface area contributed by atoms with Crippen molar-refractivity contribution in [1.82, 2.24) is 4.90 Å². The molecule has 0 amide bonds. The van der Waals surface area contributed by atoms with Crippen molar-refractivity contribution in [2.45, 2.75) is 18.8 Å². The summed E-state index contributed by atoms with van der Waals surface area (Å²) in [6.45, 7) is 3.45. The lowest BCUT2D eigenvalue weighted by Crippen LogP contribution is -2.46. The van der Waals surface area contributed by atoms with Gasteiger partial charge in [0.1, 0.15) is 5.37 Å². The molecule has 2 rings (SSSR count). The van der Waals surface area contributed by atoms with Gasteiger partial charge in [-0.2, -0.15) is 11.8 Å². The molecule has 1 atom stereocenters. The number of nitrogens with zero attached hydrogens (tertiary/aromatic N) is 1. The molecule has 1 aliphatic rings. The number of hydrogen-bond donors (Lipinski definition) is 1. The van der Waals surface area contributed by atoms with Gasteiger partial charge in [0.25, 0.3) is 0 Å². The second kappa shape index (κ2) is 5.73. The van der Waals surface area contributed by atoms with Crippen LogP contribution in [0.4, 0.5) is 5.69 Å². The topological polar surface area (TPSA) is 63.4 Å². The third kappa shape index (κ3) is 3.64. The zero-order valence-electron chi connectivity index (χ0n) is 11.3. The summed E-state index contributed by atoms with van der Waals surface area (Å²) in [5.74, 6) is 1.65. The average molecular weight is 300 g/mol. The summed E-state index contributed by atoms with van der Waals surface area (Å²) in [5, 5.41) is -0.371. The van der Waals surface area contributed by atoms with Gasteiger partial charge in [-0.3, -0.25) is 4.90 Å². The van der Waals surface area contributed by atoms with E-state index in [0.29, 0.717) is 12.3 Å². The lowest BCUT2D eigenvalue weighted by atomic mass is 10.1. The van der Waals surface area contributed by atoms with E-state index in [1.54, 1.807) is 11.8 Å². The minimum absolute atomic E-state index is 0.371. The van der Waals surface area contributed by atoms with Gasteiger partial charge in [-0.15, -0.1) is 0 Å². The smallest absolute Gasteiger partial charge is 0.164 e. The number of benzene rings is 1. The molecule has 1 unspecified atom stereocenters. The zero-order chi connectivity index (χ0) is 14.0. The fraction of sp³-hybridized carbons (Fsp3) is 0.538. The van der Waals surface area contributed by atoms with Gasteiger partial charge in [-0.1, -0.05) is 12.1 Å². The molecular weight excluding hydrogens is 280 g/mol. The number of hydrogen-bond acceptors (Lipinski definition) is 5. The van der Waals surface area contributed by atoms with Gasteiger partial charge < -0.3 is 5.73 Å². The Bertz CT molecular complexity index is 558. The summed E-state index contributed by atoms with van der Waals surface area (Å²) in [5.41, 5.74) is 8.74. The van der Waals surface area contributed by atoms with Crippen LogP contribution in [0.1, 0.15) is 11.1 Å². The lowest BCUT2D eigenvalue weighted by Gasteiger charge is -2.34. The van der Waals surface area contributed by atoms with E-state index in [4.69, 9.17) is 5.73 Å². The van der Waals surface area contributed by atoms with Gasteiger partial charge in [0.05, 0.1) is 0 Å². The monoisotopic (exact) mass is 300 g/mol. The van der Waals surface area contributed by atoms with Crippen LogP contribution in [0.3, 0.4) is 0 Å². The highest BCUT2D eigenvalue weighted by atomic mass is 32.2. The van der Waals surface area contributed by atoms with Crippen molar-refractivity contribution in [1.29, 1.82) is 0 Å². The van der Waals surface area contributed by atoms with Crippen molar-refractivity contribution in [3.8, 4) is 0 Å². The van der Waals surface area contributed by atoms with Crippen molar-refractivity contribution in [2.75, 3.05) is 30.0 Å². The third-order valence-corrected chi connectivity index (χ3v) is 6.09. The maximum absolute atomic E-state index is 11.8. The van der Waals surface area contributed by atoms with Crippen LogP contribution in [-0.2, 0) is 16.4 Å². The highest BCUT2D eigenvalue weighted by Gasteiger charge is 2.30. The van der Waals surface area contributed by atoms with E-state index < -0.39 is 9.84 Å². The van der Waals surface area contributed by atoms with E-state index >= 15 is 0 Å². The Morgan fingerprint density at radius 2 is 2.21 bits per heavy atom. The molecule has 0 saturated carbocycles. The number of anilines is 1. The van der Waals surface area contributed by atoms with Gasteiger partial charge in [0.2, 0.25) is 0 Å². The van der Waals surface area contributed by atoms with Crippen molar-refractivity contribution in [2.24, 2.45) is 0 Å². The third-order valence-electron chi connectivity index (χ3n) is 3.40.